The smallest absolute Gasteiger partial charge is 0.238 e. The maximum Gasteiger partial charge on any atom is 0.238 e. The summed E-state index contributed by atoms with van der Waals surface area (Å²) in [4.78, 5) is 16.8. The summed E-state index contributed by atoms with van der Waals surface area (Å²) in [5.41, 5.74) is 3.20. The molecule has 1 N–H and O–H groups in total. The molecule has 0 bridgehead atoms. The van der Waals surface area contributed by atoms with E-state index in [-0.39, 0.29) is 5.91 Å². The molecule has 132 valence electrons. The Morgan fingerprint density at radius 3 is 2.32 bits per heavy atom. The van der Waals surface area contributed by atoms with E-state index in [1.807, 2.05) is 49.4 Å². The van der Waals surface area contributed by atoms with Crippen LogP contribution in [0.15, 0.2) is 48.5 Å². The van der Waals surface area contributed by atoms with Crippen molar-refractivity contribution in [3.8, 4) is 0 Å². The SMILES string of the molecule is Cc1ccc(NC(=O)CN2CCN(Cc3ccccc3Cl)CC2)cc1. The van der Waals surface area contributed by atoms with Gasteiger partial charge < -0.3 is 5.32 Å². The van der Waals surface area contributed by atoms with E-state index in [4.69, 9.17) is 11.6 Å². The second kappa shape index (κ2) is 8.48. The molecule has 0 atom stereocenters. The molecule has 1 heterocycles. The summed E-state index contributed by atoms with van der Waals surface area (Å²) in [5.74, 6) is 0.0448. The maximum absolute atomic E-state index is 12.2. The maximum atomic E-state index is 12.2. The molecule has 0 aliphatic carbocycles. The molecule has 1 aliphatic heterocycles. The zero-order valence-electron chi connectivity index (χ0n) is 14.5. The lowest BCUT2D eigenvalue weighted by Gasteiger charge is -2.34. The summed E-state index contributed by atoms with van der Waals surface area (Å²) in [5, 5.41) is 3.78. The van der Waals surface area contributed by atoms with Gasteiger partial charge in [-0.05, 0) is 30.7 Å². The molecule has 25 heavy (non-hydrogen) atoms. The van der Waals surface area contributed by atoms with Crippen LogP contribution in [0.2, 0.25) is 5.02 Å². The average molecular weight is 358 g/mol. The Morgan fingerprint density at radius 2 is 1.64 bits per heavy atom. The van der Waals surface area contributed by atoms with Crippen LogP contribution >= 0.6 is 11.6 Å². The molecule has 5 heteroatoms. The largest absolute Gasteiger partial charge is 0.325 e. The Labute approximate surface area is 154 Å². The molecular formula is C20H24ClN3O. The first-order valence-corrected chi connectivity index (χ1v) is 9.02. The third-order valence-electron chi connectivity index (χ3n) is 4.52. The zero-order chi connectivity index (χ0) is 17.6. The Kier molecular flexibility index (Phi) is 6.08. The van der Waals surface area contributed by atoms with Crippen molar-refractivity contribution in [2.24, 2.45) is 0 Å². The minimum absolute atomic E-state index is 0.0448. The lowest BCUT2D eigenvalue weighted by atomic mass is 10.2. The van der Waals surface area contributed by atoms with Gasteiger partial charge in [-0.25, -0.2) is 0 Å². The summed E-state index contributed by atoms with van der Waals surface area (Å²) >= 11 is 6.24. The molecule has 0 saturated carbocycles. The number of carbonyl (C=O) groups is 1. The Bertz CT molecular complexity index is 709. The zero-order valence-corrected chi connectivity index (χ0v) is 15.3. The van der Waals surface area contributed by atoms with Gasteiger partial charge in [-0.15, -0.1) is 0 Å². The van der Waals surface area contributed by atoms with E-state index in [9.17, 15) is 4.79 Å². The Hall–Kier alpha value is -1.88. The number of aryl methyl sites for hydroxylation is 1. The molecule has 0 radical (unpaired) electrons. The summed E-state index contributed by atoms with van der Waals surface area (Å²) in [6.45, 7) is 7.02. The Morgan fingerprint density at radius 1 is 1.00 bits per heavy atom. The molecule has 1 amide bonds. The van der Waals surface area contributed by atoms with Crippen LogP contribution in [0, 0.1) is 6.92 Å². The lowest BCUT2D eigenvalue weighted by Crippen LogP contribution is -2.48. The number of hydrogen-bond acceptors (Lipinski definition) is 3. The van der Waals surface area contributed by atoms with Gasteiger partial charge in [0.25, 0.3) is 0 Å². The first-order chi connectivity index (χ1) is 12.1. The lowest BCUT2D eigenvalue weighted by molar-refractivity contribution is -0.117. The van der Waals surface area contributed by atoms with Crippen LogP contribution in [0.25, 0.3) is 0 Å². The minimum atomic E-state index is 0.0448. The highest BCUT2D eigenvalue weighted by Gasteiger charge is 2.19. The molecule has 4 nitrogen and oxygen atoms in total. The van der Waals surface area contributed by atoms with Crippen LogP contribution in [0.3, 0.4) is 0 Å². The quantitative estimate of drug-likeness (QED) is 0.890. The fourth-order valence-electron chi connectivity index (χ4n) is 3.01. The van der Waals surface area contributed by atoms with Gasteiger partial charge in [0.05, 0.1) is 6.54 Å². The van der Waals surface area contributed by atoms with Crippen molar-refractivity contribution in [1.29, 1.82) is 0 Å². The van der Waals surface area contributed by atoms with Crippen molar-refractivity contribution >= 4 is 23.2 Å². The van der Waals surface area contributed by atoms with Crippen LogP contribution in [0.1, 0.15) is 11.1 Å². The first kappa shape index (κ1) is 17.9. The molecule has 2 aromatic rings. The minimum Gasteiger partial charge on any atom is -0.325 e. The number of carbonyl (C=O) groups excluding carboxylic acids is 1. The summed E-state index contributed by atoms with van der Waals surface area (Å²) in [6, 6.07) is 15.9. The molecule has 2 aromatic carbocycles. The number of amides is 1. The fraction of sp³-hybridized carbons (Fsp3) is 0.350. The predicted octanol–water partition coefficient (Wildman–Crippen LogP) is 3.40. The average Bonchev–Trinajstić information content (AvgIpc) is 2.61. The van der Waals surface area contributed by atoms with Crippen molar-refractivity contribution in [2.75, 3.05) is 38.0 Å². The second-order valence-electron chi connectivity index (χ2n) is 6.56. The number of nitrogens with one attached hydrogen (secondary N) is 1. The van der Waals surface area contributed by atoms with Gasteiger partial charge in [0.1, 0.15) is 0 Å². The third kappa shape index (κ3) is 5.30. The Balaban J connectivity index is 1.43. The number of anilines is 1. The molecule has 1 saturated heterocycles. The van der Waals surface area contributed by atoms with Crippen molar-refractivity contribution in [3.05, 3.63) is 64.7 Å². The van der Waals surface area contributed by atoms with E-state index < -0.39 is 0 Å². The van der Waals surface area contributed by atoms with Crippen molar-refractivity contribution in [3.63, 3.8) is 0 Å². The molecule has 1 fully saturated rings. The van der Waals surface area contributed by atoms with Crippen LogP contribution in [0.5, 0.6) is 0 Å². The van der Waals surface area contributed by atoms with Crippen LogP contribution < -0.4 is 5.32 Å². The number of piperazine rings is 1. The van der Waals surface area contributed by atoms with E-state index in [1.54, 1.807) is 0 Å². The van der Waals surface area contributed by atoms with Gasteiger partial charge in [-0.3, -0.25) is 14.6 Å². The van der Waals surface area contributed by atoms with E-state index in [0.29, 0.717) is 6.54 Å². The molecule has 0 unspecified atom stereocenters. The normalized spacial score (nSPS) is 15.9. The molecule has 0 aromatic heterocycles. The molecular weight excluding hydrogens is 334 g/mol. The van der Waals surface area contributed by atoms with E-state index in [1.165, 1.54) is 5.56 Å². The number of nitrogens with zero attached hydrogens (tertiary/aromatic N) is 2. The first-order valence-electron chi connectivity index (χ1n) is 8.65. The van der Waals surface area contributed by atoms with Gasteiger partial charge in [-0.1, -0.05) is 47.5 Å². The predicted molar refractivity (Wildman–Crippen MR) is 103 cm³/mol. The monoisotopic (exact) mass is 357 g/mol. The van der Waals surface area contributed by atoms with E-state index in [0.717, 1.165) is 49.0 Å². The second-order valence-corrected chi connectivity index (χ2v) is 6.97. The van der Waals surface area contributed by atoms with Crippen molar-refractivity contribution in [2.45, 2.75) is 13.5 Å². The number of halogens is 1. The van der Waals surface area contributed by atoms with Crippen LogP contribution in [-0.2, 0) is 11.3 Å². The summed E-state index contributed by atoms with van der Waals surface area (Å²) in [7, 11) is 0. The van der Waals surface area contributed by atoms with Crippen LogP contribution in [-0.4, -0.2) is 48.4 Å². The number of rotatable bonds is 5. The molecule has 1 aliphatic rings. The van der Waals surface area contributed by atoms with E-state index in [2.05, 4.69) is 21.2 Å². The number of hydrogen-bond donors (Lipinski definition) is 1. The van der Waals surface area contributed by atoms with Crippen LogP contribution in [0.4, 0.5) is 5.69 Å². The summed E-state index contributed by atoms with van der Waals surface area (Å²) < 4.78 is 0. The van der Waals surface area contributed by atoms with Gasteiger partial charge in [0.2, 0.25) is 5.91 Å². The van der Waals surface area contributed by atoms with Gasteiger partial charge in [0, 0.05) is 43.4 Å². The van der Waals surface area contributed by atoms with Gasteiger partial charge >= 0.3 is 0 Å². The molecule has 3 rings (SSSR count). The van der Waals surface area contributed by atoms with E-state index >= 15 is 0 Å². The standard InChI is InChI=1S/C20H24ClN3O/c1-16-6-8-18(9-7-16)22-20(25)15-24-12-10-23(11-13-24)14-17-4-2-3-5-19(17)21/h2-9H,10-15H2,1H3,(H,22,25). The summed E-state index contributed by atoms with van der Waals surface area (Å²) in [6.07, 6.45) is 0. The highest BCUT2D eigenvalue weighted by molar-refractivity contribution is 6.31. The number of benzene rings is 2. The molecule has 0 spiro atoms. The highest BCUT2D eigenvalue weighted by Crippen LogP contribution is 2.18. The topological polar surface area (TPSA) is 35.6 Å². The van der Waals surface area contributed by atoms with Crippen molar-refractivity contribution in [1.82, 2.24) is 9.80 Å². The fourth-order valence-corrected chi connectivity index (χ4v) is 3.21. The highest BCUT2D eigenvalue weighted by atomic mass is 35.5. The third-order valence-corrected chi connectivity index (χ3v) is 4.89. The van der Waals surface area contributed by atoms with Crippen molar-refractivity contribution < 1.29 is 4.79 Å². The van der Waals surface area contributed by atoms with Gasteiger partial charge in [0.15, 0.2) is 0 Å². The van der Waals surface area contributed by atoms with Gasteiger partial charge in [-0.2, -0.15) is 0 Å².